The van der Waals surface area contributed by atoms with Crippen molar-refractivity contribution >= 4 is 39.1 Å². The first-order chi connectivity index (χ1) is 12.2. The molecule has 3 rings (SSSR count). The van der Waals surface area contributed by atoms with Crippen LogP contribution in [-0.4, -0.2) is 20.9 Å². The molecule has 0 saturated heterocycles. The number of halogens is 2. The number of primary sulfonamides is 1. The number of hydrogen-bond donors (Lipinski definition) is 2. The van der Waals surface area contributed by atoms with Crippen molar-refractivity contribution < 1.29 is 13.2 Å². The first kappa shape index (κ1) is 19.2. The van der Waals surface area contributed by atoms with Gasteiger partial charge in [-0.3, -0.25) is 4.79 Å². The van der Waals surface area contributed by atoms with Crippen LogP contribution in [-0.2, 0) is 15.4 Å². The zero-order chi connectivity index (χ0) is 18.9. The summed E-state index contributed by atoms with van der Waals surface area (Å²) in [6, 6.07) is 12.4. The van der Waals surface area contributed by atoms with Crippen molar-refractivity contribution in [1.29, 1.82) is 0 Å². The molecule has 0 spiro atoms. The van der Waals surface area contributed by atoms with E-state index in [4.69, 9.17) is 28.3 Å². The number of sulfonamides is 1. The quantitative estimate of drug-likeness (QED) is 0.787. The number of carbonyl (C=O) groups is 1. The summed E-state index contributed by atoms with van der Waals surface area (Å²) in [7, 11) is -4.06. The van der Waals surface area contributed by atoms with Crippen LogP contribution >= 0.6 is 23.2 Å². The van der Waals surface area contributed by atoms with Crippen molar-refractivity contribution in [2.75, 3.05) is 6.54 Å². The van der Waals surface area contributed by atoms with Crippen molar-refractivity contribution in [2.45, 2.75) is 29.6 Å². The molecule has 2 aromatic rings. The molecule has 8 heteroatoms. The minimum absolute atomic E-state index is 0.0302. The highest BCUT2D eigenvalue weighted by Gasteiger charge is 2.38. The van der Waals surface area contributed by atoms with Crippen molar-refractivity contribution in [1.82, 2.24) is 5.32 Å². The van der Waals surface area contributed by atoms with Crippen LogP contribution in [0.5, 0.6) is 0 Å². The molecule has 1 saturated carbocycles. The van der Waals surface area contributed by atoms with E-state index in [2.05, 4.69) is 17.4 Å². The van der Waals surface area contributed by atoms with E-state index in [0.717, 1.165) is 25.3 Å². The fourth-order valence-corrected chi connectivity index (χ4v) is 4.63. The molecule has 1 aliphatic carbocycles. The molecule has 138 valence electrons. The van der Waals surface area contributed by atoms with Gasteiger partial charge in [0, 0.05) is 12.0 Å². The monoisotopic (exact) mass is 412 g/mol. The molecule has 1 aliphatic rings. The van der Waals surface area contributed by atoms with E-state index >= 15 is 0 Å². The van der Waals surface area contributed by atoms with Gasteiger partial charge in [0.2, 0.25) is 10.0 Å². The number of benzene rings is 2. The van der Waals surface area contributed by atoms with Crippen LogP contribution in [0.15, 0.2) is 47.4 Å². The summed E-state index contributed by atoms with van der Waals surface area (Å²) in [4.78, 5) is 12.3. The second kappa shape index (κ2) is 7.19. The molecule has 0 aliphatic heterocycles. The van der Waals surface area contributed by atoms with Gasteiger partial charge in [-0.1, -0.05) is 60.0 Å². The molecular weight excluding hydrogens is 395 g/mol. The molecule has 2 aromatic carbocycles. The molecule has 0 bridgehead atoms. The standard InChI is InChI=1S/C18H18Cl2N2O3S/c19-14-10-15(20)16(26(21,24)25)9-13(14)17(23)22-11-18(7-4-8-18)12-5-2-1-3-6-12/h1-3,5-6,9-10H,4,7-8,11H2,(H,22,23)(H2,21,24,25). The summed E-state index contributed by atoms with van der Waals surface area (Å²) in [5, 5.41) is 7.97. The molecule has 0 atom stereocenters. The first-order valence-corrected chi connectivity index (χ1v) is 10.4. The average molecular weight is 413 g/mol. The van der Waals surface area contributed by atoms with Gasteiger partial charge in [-0.15, -0.1) is 0 Å². The Balaban J connectivity index is 1.83. The van der Waals surface area contributed by atoms with E-state index in [0.29, 0.717) is 6.54 Å². The molecule has 1 fully saturated rings. The highest BCUT2D eigenvalue weighted by molar-refractivity contribution is 7.89. The summed E-state index contributed by atoms with van der Waals surface area (Å²) < 4.78 is 23.2. The van der Waals surface area contributed by atoms with Gasteiger partial charge in [-0.25, -0.2) is 13.6 Å². The third-order valence-corrected chi connectivity index (χ3v) is 6.55. The van der Waals surface area contributed by atoms with Crippen LogP contribution in [0.3, 0.4) is 0 Å². The molecule has 0 aromatic heterocycles. The number of hydrogen-bond acceptors (Lipinski definition) is 3. The first-order valence-electron chi connectivity index (χ1n) is 8.08. The van der Waals surface area contributed by atoms with Gasteiger partial charge in [0.05, 0.1) is 15.6 Å². The third kappa shape index (κ3) is 3.74. The lowest BCUT2D eigenvalue weighted by molar-refractivity contribution is 0.0928. The number of nitrogens with one attached hydrogen (secondary N) is 1. The molecular formula is C18H18Cl2N2O3S. The van der Waals surface area contributed by atoms with Crippen LogP contribution in [0.2, 0.25) is 10.0 Å². The number of carbonyl (C=O) groups excluding carboxylic acids is 1. The summed E-state index contributed by atoms with van der Waals surface area (Å²) in [5.41, 5.74) is 1.11. The van der Waals surface area contributed by atoms with Crippen molar-refractivity contribution in [3.05, 3.63) is 63.6 Å². The van der Waals surface area contributed by atoms with E-state index in [9.17, 15) is 13.2 Å². The average Bonchev–Trinajstić information content (AvgIpc) is 2.53. The lowest BCUT2D eigenvalue weighted by Gasteiger charge is -2.42. The van der Waals surface area contributed by atoms with Crippen LogP contribution < -0.4 is 10.5 Å². The van der Waals surface area contributed by atoms with Gasteiger partial charge in [0.25, 0.3) is 5.91 Å². The number of amides is 1. The Morgan fingerprint density at radius 1 is 1.12 bits per heavy atom. The van der Waals surface area contributed by atoms with E-state index < -0.39 is 15.9 Å². The van der Waals surface area contributed by atoms with Gasteiger partial charge in [0.15, 0.2) is 0 Å². The van der Waals surface area contributed by atoms with Gasteiger partial charge < -0.3 is 5.32 Å². The topological polar surface area (TPSA) is 89.3 Å². The Morgan fingerprint density at radius 3 is 2.31 bits per heavy atom. The van der Waals surface area contributed by atoms with Crippen LogP contribution in [0.4, 0.5) is 0 Å². The maximum absolute atomic E-state index is 12.6. The Hall–Kier alpha value is -1.60. The van der Waals surface area contributed by atoms with Gasteiger partial charge >= 0.3 is 0 Å². The summed E-state index contributed by atoms with van der Waals surface area (Å²) in [6.45, 7) is 0.444. The Labute approximate surface area is 162 Å². The zero-order valence-electron chi connectivity index (χ0n) is 13.8. The predicted octanol–water partition coefficient (Wildman–Crippen LogP) is 3.49. The van der Waals surface area contributed by atoms with Crippen LogP contribution in [0.1, 0.15) is 35.2 Å². The second-order valence-electron chi connectivity index (χ2n) is 6.49. The molecule has 0 heterocycles. The Morgan fingerprint density at radius 2 is 1.77 bits per heavy atom. The fraction of sp³-hybridized carbons (Fsp3) is 0.278. The van der Waals surface area contributed by atoms with Crippen molar-refractivity contribution in [2.24, 2.45) is 5.14 Å². The molecule has 26 heavy (non-hydrogen) atoms. The van der Waals surface area contributed by atoms with Crippen molar-refractivity contribution in [3.63, 3.8) is 0 Å². The maximum atomic E-state index is 12.6. The predicted molar refractivity (Wildman–Crippen MR) is 102 cm³/mol. The number of rotatable bonds is 5. The lowest BCUT2D eigenvalue weighted by Crippen LogP contribution is -2.45. The fourth-order valence-electron chi connectivity index (χ4n) is 3.23. The van der Waals surface area contributed by atoms with E-state index in [-0.39, 0.29) is 25.9 Å². The van der Waals surface area contributed by atoms with Gasteiger partial charge in [0.1, 0.15) is 4.90 Å². The molecule has 3 N–H and O–H groups in total. The van der Waals surface area contributed by atoms with Crippen LogP contribution in [0.25, 0.3) is 0 Å². The zero-order valence-corrected chi connectivity index (χ0v) is 16.2. The minimum atomic E-state index is -4.06. The lowest BCUT2D eigenvalue weighted by atomic mass is 9.64. The van der Waals surface area contributed by atoms with E-state index in [1.54, 1.807) is 0 Å². The molecule has 0 radical (unpaired) electrons. The molecule has 0 unspecified atom stereocenters. The van der Waals surface area contributed by atoms with E-state index in [1.165, 1.54) is 11.6 Å². The summed E-state index contributed by atoms with van der Waals surface area (Å²) >= 11 is 12.0. The maximum Gasteiger partial charge on any atom is 0.252 e. The largest absolute Gasteiger partial charge is 0.351 e. The number of nitrogens with two attached hydrogens (primary N) is 1. The third-order valence-electron chi connectivity index (χ3n) is 4.86. The highest BCUT2D eigenvalue weighted by atomic mass is 35.5. The van der Waals surface area contributed by atoms with Crippen molar-refractivity contribution in [3.8, 4) is 0 Å². The summed E-state index contributed by atoms with van der Waals surface area (Å²) in [6.07, 6.45) is 3.06. The minimum Gasteiger partial charge on any atom is -0.351 e. The van der Waals surface area contributed by atoms with Gasteiger partial charge in [-0.05, 0) is 30.5 Å². The SMILES string of the molecule is NS(=O)(=O)c1cc(C(=O)NCC2(c3ccccc3)CCC2)c(Cl)cc1Cl. The van der Waals surface area contributed by atoms with Gasteiger partial charge in [-0.2, -0.15) is 0 Å². The smallest absolute Gasteiger partial charge is 0.252 e. The van der Waals surface area contributed by atoms with Crippen LogP contribution in [0, 0.1) is 0 Å². The highest BCUT2D eigenvalue weighted by Crippen LogP contribution is 2.43. The Bertz CT molecular complexity index is 942. The second-order valence-corrected chi connectivity index (χ2v) is 8.83. The molecule has 5 nitrogen and oxygen atoms in total. The Kier molecular flexibility index (Phi) is 5.30. The normalized spacial score (nSPS) is 16.0. The molecule has 1 amide bonds. The summed E-state index contributed by atoms with van der Waals surface area (Å²) in [5.74, 6) is -0.459. The van der Waals surface area contributed by atoms with E-state index in [1.807, 2.05) is 18.2 Å².